The van der Waals surface area contributed by atoms with Gasteiger partial charge >= 0.3 is 0 Å². The molecule has 3 aromatic rings. The number of amides is 2. The highest BCUT2D eigenvalue weighted by Crippen LogP contribution is 2.35. The molecule has 0 saturated heterocycles. The Kier molecular flexibility index (Phi) is 3.54. The average Bonchev–Trinajstić information content (AvgIpc) is 2.58. The Morgan fingerprint density at radius 3 is 2.56 bits per heavy atom. The topological polar surface area (TPSA) is 40.6 Å². The highest BCUT2D eigenvalue weighted by Gasteiger charge is 2.34. The van der Waals surface area contributed by atoms with E-state index in [0.717, 1.165) is 10.8 Å². The van der Waals surface area contributed by atoms with Gasteiger partial charge in [-0.25, -0.2) is 4.39 Å². The third-order valence-electron chi connectivity index (χ3n) is 4.65. The second kappa shape index (κ2) is 5.63. The van der Waals surface area contributed by atoms with Gasteiger partial charge in [0.1, 0.15) is 5.82 Å². The standard InChI is InChI=1S/C20H17FN2O2/c1-22(2)8-9-23-19(24)15-5-3-4-13-10-12-6-7-14(21)11-16(12)18(17(13)15)20(23)25/h3-7,10-11H,8-9H2,1-2H3. The second-order valence-corrected chi connectivity index (χ2v) is 6.59. The van der Waals surface area contributed by atoms with E-state index in [1.54, 1.807) is 12.1 Å². The van der Waals surface area contributed by atoms with Crippen molar-refractivity contribution in [2.24, 2.45) is 0 Å². The van der Waals surface area contributed by atoms with E-state index in [9.17, 15) is 14.0 Å². The molecule has 4 nitrogen and oxygen atoms in total. The van der Waals surface area contributed by atoms with Crippen LogP contribution in [0.25, 0.3) is 21.5 Å². The van der Waals surface area contributed by atoms with Crippen LogP contribution in [-0.2, 0) is 0 Å². The summed E-state index contributed by atoms with van der Waals surface area (Å²) in [5.41, 5.74) is 0.915. The molecule has 5 heteroatoms. The van der Waals surface area contributed by atoms with Crippen molar-refractivity contribution in [3.05, 3.63) is 59.4 Å². The molecule has 0 atom stereocenters. The molecule has 3 aromatic carbocycles. The largest absolute Gasteiger partial charge is 0.308 e. The average molecular weight is 336 g/mol. The maximum atomic E-state index is 13.8. The molecule has 4 rings (SSSR count). The van der Waals surface area contributed by atoms with Gasteiger partial charge in [0.25, 0.3) is 11.8 Å². The third-order valence-corrected chi connectivity index (χ3v) is 4.65. The van der Waals surface area contributed by atoms with E-state index < -0.39 is 5.82 Å². The lowest BCUT2D eigenvalue weighted by Crippen LogP contribution is -2.43. The molecule has 0 fully saturated rings. The molecule has 126 valence electrons. The first-order valence-corrected chi connectivity index (χ1v) is 8.13. The fraction of sp³-hybridized carbons (Fsp3) is 0.200. The van der Waals surface area contributed by atoms with Crippen molar-refractivity contribution in [2.75, 3.05) is 27.2 Å². The molecule has 0 aromatic heterocycles. The van der Waals surface area contributed by atoms with E-state index in [1.165, 1.54) is 17.0 Å². The van der Waals surface area contributed by atoms with Crippen molar-refractivity contribution in [3.63, 3.8) is 0 Å². The molecule has 0 radical (unpaired) electrons. The Morgan fingerprint density at radius 1 is 1.00 bits per heavy atom. The van der Waals surface area contributed by atoms with Crippen LogP contribution in [0.5, 0.6) is 0 Å². The Labute approximate surface area is 144 Å². The molecule has 0 aliphatic carbocycles. The molecular formula is C20H17FN2O2. The zero-order valence-electron chi connectivity index (χ0n) is 14.0. The number of carbonyl (C=O) groups excluding carboxylic acids is 2. The van der Waals surface area contributed by atoms with Crippen molar-refractivity contribution < 1.29 is 14.0 Å². The third kappa shape index (κ3) is 2.39. The Balaban J connectivity index is 2.03. The minimum absolute atomic E-state index is 0.291. The van der Waals surface area contributed by atoms with Crippen LogP contribution in [0.1, 0.15) is 20.7 Å². The van der Waals surface area contributed by atoms with Crippen molar-refractivity contribution in [1.82, 2.24) is 9.80 Å². The van der Waals surface area contributed by atoms with Crippen molar-refractivity contribution >= 4 is 33.4 Å². The van der Waals surface area contributed by atoms with Gasteiger partial charge in [-0.15, -0.1) is 0 Å². The zero-order chi connectivity index (χ0) is 17.7. The smallest absolute Gasteiger partial charge is 0.262 e. The van der Waals surface area contributed by atoms with E-state index in [4.69, 9.17) is 0 Å². The molecule has 0 unspecified atom stereocenters. The summed E-state index contributed by atoms with van der Waals surface area (Å²) in [7, 11) is 3.77. The number of fused-ring (bicyclic) bond motifs is 2. The summed E-state index contributed by atoms with van der Waals surface area (Å²) >= 11 is 0. The quantitative estimate of drug-likeness (QED) is 0.544. The minimum Gasteiger partial charge on any atom is -0.308 e. The van der Waals surface area contributed by atoms with Crippen LogP contribution in [-0.4, -0.2) is 48.8 Å². The summed E-state index contributed by atoms with van der Waals surface area (Å²) in [4.78, 5) is 29.1. The van der Waals surface area contributed by atoms with Gasteiger partial charge in [-0.2, -0.15) is 0 Å². The number of hydrogen-bond donors (Lipinski definition) is 0. The number of halogens is 1. The molecular weight excluding hydrogens is 319 g/mol. The van der Waals surface area contributed by atoms with E-state index in [2.05, 4.69) is 0 Å². The number of nitrogens with zero attached hydrogens (tertiary/aromatic N) is 2. The van der Waals surface area contributed by atoms with Crippen LogP contribution in [0, 0.1) is 5.82 Å². The molecule has 0 N–H and O–H groups in total. The van der Waals surface area contributed by atoms with Gasteiger partial charge < -0.3 is 4.90 Å². The molecule has 1 aliphatic rings. The number of rotatable bonds is 3. The number of likely N-dealkylation sites (N-methyl/N-ethyl adjacent to an activating group) is 1. The number of imide groups is 1. The van der Waals surface area contributed by atoms with Crippen molar-refractivity contribution in [2.45, 2.75) is 0 Å². The van der Waals surface area contributed by atoms with Crippen LogP contribution in [0.4, 0.5) is 4.39 Å². The van der Waals surface area contributed by atoms with Crippen molar-refractivity contribution in [3.8, 4) is 0 Å². The number of benzene rings is 3. The first kappa shape index (κ1) is 15.7. The monoisotopic (exact) mass is 336 g/mol. The summed E-state index contributed by atoms with van der Waals surface area (Å²) in [6.45, 7) is 0.869. The highest BCUT2D eigenvalue weighted by molar-refractivity contribution is 6.30. The SMILES string of the molecule is CN(C)CCN1C(=O)c2cccc3cc4ccc(F)cc4c(c23)C1=O. The van der Waals surface area contributed by atoms with Gasteiger partial charge in [0, 0.05) is 24.0 Å². The van der Waals surface area contributed by atoms with Crippen LogP contribution in [0.15, 0.2) is 42.5 Å². The molecule has 2 amide bonds. The first-order chi connectivity index (χ1) is 12.0. The maximum absolute atomic E-state index is 13.8. The van der Waals surface area contributed by atoms with E-state index in [1.807, 2.05) is 37.2 Å². The van der Waals surface area contributed by atoms with E-state index in [0.29, 0.717) is 35.0 Å². The Bertz CT molecular complexity index is 1040. The zero-order valence-corrected chi connectivity index (χ0v) is 14.0. The Morgan fingerprint density at radius 2 is 1.80 bits per heavy atom. The fourth-order valence-electron chi connectivity index (χ4n) is 3.42. The second-order valence-electron chi connectivity index (χ2n) is 6.59. The summed E-state index contributed by atoms with van der Waals surface area (Å²) in [5.74, 6) is -1.04. The van der Waals surface area contributed by atoms with E-state index >= 15 is 0 Å². The summed E-state index contributed by atoms with van der Waals surface area (Å²) in [6.07, 6.45) is 0. The van der Waals surface area contributed by atoms with Crippen molar-refractivity contribution in [1.29, 1.82) is 0 Å². The summed E-state index contributed by atoms with van der Waals surface area (Å²) in [6, 6.07) is 11.7. The van der Waals surface area contributed by atoms with Gasteiger partial charge in [0.15, 0.2) is 0 Å². The summed E-state index contributed by atoms with van der Waals surface area (Å²) < 4.78 is 13.8. The van der Waals surface area contributed by atoms with Gasteiger partial charge in [0.2, 0.25) is 0 Å². The van der Waals surface area contributed by atoms with E-state index in [-0.39, 0.29) is 11.8 Å². The number of hydrogen-bond acceptors (Lipinski definition) is 3. The van der Waals surface area contributed by atoms with Crippen LogP contribution >= 0.6 is 0 Å². The van der Waals surface area contributed by atoms with Gasteiger partial charge in [-0.05, 0) is 54.5 Å². The predicted molar refractivity (Wildman–Crippen MR) is 95.3 cm³/mol. The summed E-state index contributed by atoms with van der Waals surface area (Å²) in [5, 5.41) is 2.78. The molecule has 0 spiro atoms. The van der Waals surface area contributed by atoms with Crippen LogP contribution in [0.3, 0.4) is 0 Å². The van der Waals surface area contributed by atoms with Crippen LogP contribution < -0.4 is 0 Å². The van der Waals surface area contributed by atoms with Gasteiger partial charge in [-0.3, -0.25) is 14.5 Å². The number of carbonyl (C=O) groups is 2. The fourth-order valence-corrected chi connectivity index (χ4v) is 3.42. The highest BCUT2D eigenvalue weighted by atomic mass is 19.1. The first-order valence-electron chi connectivity index (χ1n) is 8.13. The predicted octanol–water partition coefficient (Wildman–Crippen LogP) is 3.29. The normalized spacial score (nSPS) is 14.2. The van der Waals surface area contributed by atoms with Gasteiger partial charge in [-0.1, -0.05) is 18.2 Å². The minimum atomic E-state index is -0.398. The Hall–Kier alpha value is -2.79. The van der Waals surface area contributed by atoms with Crippen LogP contribution in [0.2, 0.25) is 0 Å². The molecule has 1 aliphatic heterocycles. The molecule has 0 bridgehead atoms. The molecule has 1 heterocycles. The lowest BCUT2D eigenvalue weighted by atomic mass is 9.89. The lowest BCUT2D eigenvalue weighted by Gasteiger charge is -2.29. The van der Waals surface area contributed by atoms with Gasteiger partial charge in [0.05, 0.1) is 5.56 Å². The molecule has 0 saturated carbocycles. The lowest BCUT2D eigenvalue weighted by molar-refractivity contribution is 0.0602. The maximum Gasteiger partial charge on any atom is 0.262 e. The molecule has 25 heavy (non-hydrogen) atoms.